The van der Waals surface area contributed by atoms with Crippen LogP contribution in [0.2, 0.25) is 0 Å². The molecule has 0 saturated carbocycles. The summed E-state index contributed by atoms with van der Waals surface area (Å²) in [6.07, 6.45) is 7.99. The van der Waals surface area contributed by atoms with Crippen LogP contribution in [-0.2, 0) is 77.9 Å². The minimum atomic E-state index is -0.812. The van der Waals surface area contributed by atoms with E-state index in [1.54, 1.807) is 58.2 Å². The van der Waals surface area contributed by atoms with Crippen molar-refractivity contribution in [1.82, 2.24) is 36.1 Å². The van der Waals surface area contributed by atoms with Gasteiger partial charge in [-0.2, -0.15) is 0 Å². The van der Waals surface area contributed by atoms with Crippen LogP contribution < -0.4 is 21.3 Å². The Bertz CT molecular complexity index is 2620. The van der Waals surface area contributed by atoms with Crippen LogP contribution in [0.1, 0.15) is 199 Å². The lowest BCUT2D eigenvalue weighted by Gasteiger charge is -2.40. The number of rotatable bonds is 52. The number of aromatic nitrogens is 1. The molecule has 11 atom stereocenters. The SMILES string of the molecule is CCC(CO)OC(COC(=O)CCCC(=O)NCCSSC)OC.CCCO[C@H](C[C@H](C(C)C)N(CCC)C(=O)[C@@H](NC(=O)[C@H]1CCCCN1C)[C@@H](C)CC)c1nc(C(=O)N[C@@H](Cc2ccc(O)cc2)C[C@H](C)C(=O)OCCCNC(=O)CCCC(=O)OCC(OC)OC(CC)CO)cs1. The molecule has 0 aliphatic carbocycles. The number of methoxy groups -OCH3 is 2. The van der Waals surface area contributed by atoms with E-state index in [0.717, 1.165) is 50.0 Å². The summed E-state index contributed by atoms with van der Waals surface area (Å²) in [5.74, 6) is -2.05. The summed E-state index contributed by atoms with van der Waals surface area (Å²) in [4.78, 5) is 113. The zero-order valence-electron chi connectivity index (χ0n) is 61.8. The molecule has 1 saturated heterocycles. The predicted octanol–water partition coefficient (Wildman–Crippen LogP) is 8.46. The number of nitrogens with zero attached hydrogens (tertiary/aromatic N) is 3. The van der Waals surface area contributed by atoms with Gasteiger partial charge in [0.2, 0.25) is 23.6 Å². The Hall–Kier alpha value is -5.21. The number of esters is 3. The second-order valence-electron chi connectivity index (χ2n) is 25.4. The molecule has 1 fully saturated rings. The number of aliphatic hydroxyl groups is 2. The van der Waals surface area contributed by atoms with E-state index in [2.05, 4.69) is 40.0 Å². The van der Waals surface area contributed by atoms with Crippen molar-refractivity contribution < 1.29 is 91.6 Å². The number of phenolic OH excluding ortho intramolecular Hbond substituents is 1. The maximum Gasteiger partial charge on any atom is 0.308 e. The molecule has 100 heavy (non-hydrogen) atoms. The fraction of sp³-hybridized carbons (Fsp3) is 0.761. The molecule has 2 heterocycles. The number of amides is 5. The number of phenols is 1. The Labute approximate surface area is 606 Å². The van der Waals surface area contributed by atoms with Crippen LogP contribution in [-0.4, -0.2) is 226 Å². The van der Waals surface area contributed by atoms with E-state index in [0.29, 0.717) is 76.1 Å². The maximum absolute atomic E-state index is 14.8. The number of nitrogens with one attached hydrogen (secondary N) is 4. The van der Waals surface area contributed by atoms with Crippen LogP contribution in [0.3, 0.4) is 0 Å². The lowest BCUT2D eigenvalue weighted by molar-refractivity contribution is -0.194. The summed E-state index contributed by atoms with van der Waals surface area (Å²) in [5.41, 5.74) is 1.03. The summed E-state index contributed by atoms with van der Waals surface area (Å²) in [6, 6.07) is 4.90. The Morgan fingerprint density at radius 1 is 0.740 bits per heavy atom. The summed E-state index contributed by atoms with van der Waals surface area (Å²) in [6.45, 7) is 20.0. The fourth-order valence-electron chi connectivity index (χ4n) is 10.8. The van der Waals surface area contributed by atoms with Crippen LogP contribution in [0.25, 0.3) is 0 Å². The van der Waals surface area contributed by atoms with Gasteiger partial charge < -0.3 is 79.4 Å². The number of thiazole rings is 1. The van der Waals surface area contributed by atoms with Crippen molar-refractivity contribution in [3.8, 4) is 5.75 Å². The van der Waals surface area contributed by atoms with Crippen LogP contribution in [0.4, 0.5) is 0 Å². The Morgan fingerprint density at radius 3 is 1.86 bits per heavy atom. The number of likely N-dealkylation sites (tertiary alicyclic amines) is 1. The molecule has 0 bridgehead atoms. The Morgan fingerprint density at radius 2 is 1.34 bits per heavy atom. The molecule has 0 spiro atoms. The quantitative estimate of drug-likeness (QED) is 0.0107. The first-order valence-corrected chi connectivity index (χ1v) is 39.3. The maximum atomic E-state index is 14.8. The van der Waals surface area contributed by atoms with E-state index in [9.17, 15) is 48.6 Å². The van der Waals surface area contributed by atoms with Crippen molar-refractivity contribution in [2.45, 2.75) is 233 Å². The first kappa shape index (κ1) is 90.9. The first-order valence-electron chi connectivity index (χ1n) is 35.7. The van der Waals surface area contributed by atoms with Crippen LogP contribution in [0, 0.1) is 17.8 Å². The van der Waals surface area contributed by atoms with Crippen LogP contribution in [0.15, 0.2) is 29.6 Å². The molecule has 4 unspecified atom stereocenters. The minimum Gasteiger partial charge on any atom is -0.508 e. The van der Waals surface area contributed by atoms with Crippen LogP contribution >= 0.6 is 32.9 Å². The van der Waals surface area contributed by atoms with Gasteiger partial charge in [-0.3, -0.25) is 43.3 Å². The fourth-order valence-corrected chi connectivity index (χ4v) is 12.7. The third kappa shape index (κ3) is 36.8. The van der Waals surface area contributed by atoms with Gasteiger partial charge in [0.05, 0.1) is 44.0 Å². The molecule has 0 radical (unpaired) electrons. The van der Waals surface area contributed by atoms with Gasteiger partial charge in [0.25, 0.3) is 5.91 Å². The van der Waals surface area contributed by atoms with Gasteiger partial charge in [-0.05, 0) is 120 Å². The number of carbonyl (C=O) groups is 8. The number of likely N-dealkylation sites (N-methyl/N-ethyl adjacent to an activating group) is 1. The van der Waals surface area contributed by atoms with Gasteiger partial charge in [0, 0.05) is 95.8 Å². The van der Waals surface area contributed by atoms with E-state index in [1.165, 1.54) is 25.6 Å². The molecule has 29 heteroatoms. The third-order valence-electron chi connectivity index (χ3n) is 16.9. The molecular weight excluding hydrogens is 1350 g/mol. The largest absolute Gasteiger partial charge is 0.508 e. The molecule has 572 valence electrons. The van der Waals surface area contributed by atoms with Crippen molar-refractivity contribution in [2.75, 3.05) is 99.1 Å². The molecule has 1 aromatic heterocycles. The van der Waals surface area contributed by atoms with Gasteiger partial charge in [0.1, 0.15) is 41.8 Å². The monoisotopic (exact) mass is 1470 g/mol. The van der Waals surface area contributed by atoms with E-state index in [-0.39, 0.29) is 137 Å². The number of hydrogen-bond donors (Lipinski definition) is 7. The normalized spacial score (nSPS) is 16.2. The Kier molecular flexibility index (Phi) is 48.7. The van der Waals surface area contributed by atoms with E-state index in [4.69, 9.17) is 48.0 Å². The average Bonchev–Trinajstić information content (AvgIpc) is 0.905. The smallest absolute Gasteiger partial charge is 0.308 e. The van der Waals surface area contributed by atoms with E-state index in [1.807, 2.05) is 59.7 Å². The molecule has 1 aliphatic rings. The molecular formula is C71H121N7O19S3. The molecule has 26 nitrogen and oxygen atoms in total. The highest BCUT2D eigenvalue weighted by atomic mass is 33.1. The van der Waals surface area contributed by atoms with Crippen molar-refractivity contribution in [2.24, 2.45) is 17.8 Å². The van der Waals surface area contributed by atoms with Crippen molar-refractivity contribution in [1.29, 1.82) is 0 Å². The Balaban J connectivity index is 0.00000120. The second-order valence-corrected chi connectivity index (χ2v) is 28.9. The third-order valence-corrected chi connectivity index (χ3v) is 19.7. The number of hydrogen-bond acceptors (Lipinski definition) is 24. The van der Waals surface area contributed by atoms with Gasteiger partial charge in [-0.15, -0.1) is 11.3 Å². The number of carbonyl (C=O) groups excluding carboxylic acids is 8. The van der Waals surface area contributed by atoms with Crippen molar-refractivity contribution in [3.63, 3.8) is 0 Å². The van der Waals surface area contributed by atoms with Gasteiger partial charge in [0.15, 0.2) is 12.6 Å². The molecule has 3 rings (SSSR count). The highest BCUT2D eigenvalue weighted by Gasteiger charge is 2.39. The van der Waals surface area contributed by atoms with E-state index >= 15 is 0 Å². The highest BCUT2D eigenvalue weighted by Crippen LogP contribution is 2.32. The van der Waals surface area contributed by atoms with Crippen molar-refractivity contribution >= 4 is 80.4 Å². The van der Waals surface area contributed by atoms with Crippen molar-refractivity contribution in [3.05, 3.63) is 45.9 Å². The van der Waals surface area contributed by atoms with Gasteiger partial charge >= 0.3 is 17.9 Å². The first-order chi connectivity index (χ1) is 48.0. The lowest BCUT2D eigenvalue weighted by Crippen LogP contribution is -2.58. The summed E-state index contributed by atoms with van der Waals surface area (Å²) >= 11 is 1.32. The second kappa shape index (κ2) is 53.6. The summed E-state index contributed by atoms with van der Waals surface area (Å²) in [5, 5.41) is 42.5. The number of piperidine rings is 1. The zero-order valence-corrected chi connectivity index (χ0v) is 64.2. The standard InChI is InChI=1S/C56H92N6O13S.C15H29NO6S2/c1-11-27-62(55(69)51(38(7)13-3)60-53(68)45-19-15-16-28-61(45)9)46(37(5)6)33-47(72-29-12-2)54-59-44(36-76-54)52(67)58-41(32-40-22-24-42(64)25-23-40)31-39(8)56(70)73-30-18-26-57-48(65)20-17-21-49(66)74-35-50(71-10)75-43(14-4)34-63;1-4-12(10-17)22-15(20-2)11-21-14(19)7-5-6-13(18)16-8-9-24-23-3/h22-25,36-39,41,43,45-47,50-51,63-64H,11-21,26-35H2,1-10H3,(H,57,65)(H,58,67)(H,60,68);12,15,17H,4-11H2,1-3H3,(H,16,18)/t38-,39-,41+,43?,45+,46+,47+,50?,51-;/m0./s1. The molecule has 1 aliphatic heterocycles. The highest BCUT2D eigenvalue weighted by molar-refractivity contribution is 8.76. The topological polar surface area (TPSA) is 339 Å². The zero-order chi connectivity index (χ0) is 74.4. The average molecular weight is 1470 g/mol. The van der Waals surface area contributed by atoms with Gasteiger partial charge in [-0.1, -0.05) is 109 Å². The number of ether oxygens (including phenoxy) is 8. The minimum absolute atomic E-state index is 0.0215. The summed E-state index contributed by atoms with van der Waals surface area (Å²) in [7, 11) is 8.17. The number of benzene rings is 1. The number of aliphatic hydroxyl groups excluding tert-OH is 2. The van der Waals surface area contributed by atoms with E-state index < -0.39 is 66.6 Å². The lowest BCUT2D eigenvalue weighted by atomic mass is 9.92. The van der Waals surface area contributed by atoms with Crippen LogP contribution in [0.5, 0.6) is 5.75 Å². The predicted molar refractivity (Wildman–Crippen MR) is 388 cm³/mol. The number of aromatic hydroxyl groups is 1. The van der Waals surface area contributed by atoms with Gasteiger partial charge in [-0.25, -0.2) is 4.98 Å². The molecule has 2 aromatic rings. The summed E-state index contributed by atoms with van der Waals surface area (Å²) < 4.78 is 43.5. The molecule has 7 N–H and O–H groups in total. The molecule has 5 amide bonds. The molecule has 1 aromatic carbocycles.